The number of carboxylic acid groups (broad SMARTS) is 1. The maximum Gasteiger partial charge on any atom is 0.411 e. The van der Waals surface area contributed by atoms with Gasteiger partial charge in [-0.3, -0.25) is 4.90 Å². The van der Waals surface area contributed by atoms with Gasteiger partial charge < -0.3 is 14.6 Å². The number of amides is 1. The van der Waals surface area contributed by atoms with Crippen molar-refractivity contribution in [3.8, 4) is 5.75 Å². The Bertz CT molecular complexity index is 715. The van der Waals surface area contributed by atoms with E-state index in [0.717, 1.165) is 5.56 Å². The second kappa shape index (κ2) is 8.89. The second-order valence-corrected chi connectivity index (χ2v) is 6.22. The minimum Gasteiger partial charge on any atom is -0.492 e. The summed E-state index contributed by atoms with van der Waals surface area (Å²) in [7, 11) is 0. The van der Waals surface area contributed by atoms with E-state index in [1.54, 1.807) is 12.1 Å². The van der Waals surface area contributed by atoms with Crippen LogP contribution in [0.25, 0.3) is 0 Å². The van der Waals surface area contributed by atoms with Gasteiger partial charge in [-0.15, -0.1) is 0 Å². The van der Waals surface area contributed by atoms with Gasteiger partial charge in [0.2, 0.25) is 0 Å². The normalized spacial score (nSPS) is 10.8. The van der Waals surface area contributed by atoms with E-state index >= 15 is 0 Å². The Morgan fingerprint density at radius 2 is 1.58 bits per heavy atom. The topological polar surface area (TPSA) is 76.1 Å². The molecule has 1 amide bonds. The lowest BCUT2D eigenvalue weighted by molar-refractivity contribution is -0.148. The highest BCUT2D eigenvalue weighted by molar-refractivity contribution is 5.83. The van der Waals surface area contributed by atoms with Crippen molar-refractivity contribution in [3.05, 3.63) is 66.2 Å². The highest BCUT2D eigenvalue weighted by Crippen LogP contribution is 2.18. The van der Waals surface area contributed by atoms with Crippen molar-refractivity contribution in [2.45, 2.75) is 26.0 Å². The van der Waals surface area contributed by atoms with E-state index in [0.29, 0.717) is 5.75 Å². The molecule has 0 aromatic heterocycles. The first-order chi connectivity index (χ1) is 12.4. The predicted octanol–water partition coefficient (Wildman–Crippen LogP) is 3.57. The van der Waals surface area contributed by atoms with Crippen LogP contribution in [0.2, 0.25) is 0 Å². The average molecular weight is 357 g/mol. The molecule has 1 N–H and O–H groups in total. The maximum atomic E-state index is 12.5. The van der Waals surface area contributed by atoms with Crippen LogP contribution in [0.15, 0.2) is 60.7 Å². The summed E-state index contributed by atoms with van der Waals surface area (Å²) in [6.45, 7) is 3.23. The molecule has 138 valence electrons. The Balaban J connectivity index is 2.00. The minimum absolute atomic E-state index is 0.0748. The van der Waals surface area contributed by atoms with Crippen molar-refractivity contribution in [2.24, 2.45) is 0 Å². The van der Waals surface area contributed by atoms with Crippen LogP contribution in [-0.4, -0.2) is 40.8 Å². The third-order valence-corrected chi connectivity index (χ3v) is 3.95. The zero-order valence-corrected chi connectivity index (χ0v) is 14.9. The third-order valence-electron chi connectivity index (χ3n) is 3.95. The molecule has 2 aromatic rings. The molecule has 0 radical (unpaired) electrons. The lowest BCUT2D eigenvalue weighted by atomic mass is 10.0. The van der Waals surface area contributed by atoms with Crippen LogP contribution in [0.1, 0.15) is 19.4 Å². The molecule has 2 aromatic carbocycles. The number of hydrogen-bond donors (Lipinski definition) is 1. The van der Waals surface area contributed by atoms with Crippen molar-refractivity contribution in [2.75, 3.05) is 13.2 Å². The van der Waals surface area contributed by atoms with E-state index in [1.165, 1.54) is 18.7 Å². The molecule has 0 fully saturated rings. The summed E-state index contributed by atoms with van der Waals surface area (Å²) in [6.07, 6.45) is -0.696. The van der Waals surface area contributed by atoms with Gasteiger partial charge in [-0.25, -0.2) is 9.59 Å². The zero-order valence-electron chi connectivity index (χ0n) is 14.9. The van der Waals surface area contributed by atoms with Crippen LogP contribution in [0.3, 0.4) is 0 Å². The van der Waals surface area contributed by atoms with Gasteiger partial charge in [0.15, 0.2) is 0 Å². The lowest BCUT2D eigenvalue weighted by Crippen LogP contribution is -2.54. The van der Waals surface area contributed by atoms with E-state index in [-0.39, 0.29) is 19.8 Å². The number of benzene rings is 2. The Labute approximate surface area is 153 Å². The van der Waals surface area contributed by atoms with Crippen molar-refractivity contribution in [3.63, 3.8) is 0 Å². The van der Waals surface area contributed by atoms with Gasteiger partial charge in [0.25, 0.3) is 0 Å². The summed E-state index contributed by atoms with van der Waals surface area (Å²) in [6, 6.07) is 18.3. The summed E-state index contributed by atoms with van der Waals surface area (Å²) in [5.74, 6) is -0.466. The fourth-order valence-corrected chi connectivity index (χ4v) is 2.28. The molecular formula is C20H23NO5. The molecule has 0 spiro atoms. The van der Waals surface area contributed by atoms with E-state index < -0.39 is 17.6 Å². The minimum atomic E-state index is -1.42. The number of hydrogen-bond acceptors (Lipinski definition) is 4. The zero-order chi connectivity index (χ0) is 19.0. The number of carbonyl (C=O) groups is 2. The quantitative estimate of drug-likeness (QED) is 0.782. The summed E-state index contributed by atoms with van der Waals surface area (Å²) in [5.41, 5.74) is -0.595. The number of aliphatic carboxylic acids is 1. The Morgan fingerprint density at radius 1 is 1.00 bits per heavy atom. The van der Waals surface area contributed by atoms with Gasteiger partial charge in [-0.1, -0.05) is 48.5 Å². The highest BCUT2D eigenvalue weighted by Gasteiger charge is 2.38. The molecule has 0 unspecified atom stereocenters. The van der Waals surface area contributed by atoms with Crippen LogP contribution in [0, 0.1) is 0 Å². The molecule has 0 bridgehead atoms. The first-order valence-electron chi connectivity index (χ1n) is 8.31. The Hall–Kier alpha value is -3.02. The summed E-state index contributed by atoms with van der Waals surface area (Å²) in [5, 5.41) is 9.47. The van der Waals surface area contributed by atoms with E-state index in [2.05, 4.69) is 0 Å². The fourth-order valence-electron chi connectivity index (χ4n) is 2.28. The first kappa shape index (κ1) is 19.3. The highest BCUT2D eigenvalue weighted by atomic mass is 16.6. The number of para-hydroxylation sites is 1. The summed E-state index contributed by atoms with van der Waals surface area (Å²) < 4.78 is 10.9. The van der Waals surface area contributed by atoms with Crippen molar-refractivity contribution >= 4 is 12.1 Å². The molecule has 6 heteroatoms. The molecule has 26 heavy (non-hydrogen) atoms. The molecule has 2 rings (SSSR count). The fraction of sp³-hybridized carbons (Fsp3) is 0.300. The van der Waals surface area contributed by atoms with Gasteiger partial charge in [-0.2, -0.15) is 0 Å². The van der Waals surface area contributed by atoms with Gasteiger partial charge >= 0.3 is 12.1 Å². The van der Waals surface area contributed by atoms with Gasteiger partial charge in [-0.05, 0) is 31.5 Å². The third kappa shape index (κ3) is 5.24. The monoisotopic (exact) mass is 357 g/mol. The largest absolute Gasteiger partial charge is 0.492 e. The van der Waals surface area contributed by atoms with Crippen LogP contribution < -0.4 is 4.74 Å². The Morgan fingerprint density at radius 3 is 2.15 bits per heavy atom. The van der Waals surface area contributed by atoms with E-state index in [9.17, 15) is 14.7 Å². The van der Waals surface area contributed by atoms with Gasteiger partial charge in [0.05, 0.1) is 6.54 Å². The molecule has 6 nitrogen and oxygen atoms in total. The first-order valence-corrected chi connectivity index (χ1v) is 8.31. The van der Waals surface area contributed by atoms with Gasteiger partial charge in [0.1, 0.15) is 24.5 Å². The number of rotatable bonds is 8. The van der Waals surface area contributed by atoms with Crippen LogP contribution in [0.4, 0.5) is 4.79 Å². The number of carboxylic acids is 1. The van der Waals surface area contributed by atoms with Crippen LogP contribution >= 0.6 is 0 Å². The van der Waals surface area contributed by atoms with E-state index in [4.69, 9.17) is 9.47 Å². The van der Waals surface area contributed by atoms with Crippen LogP contribution in [0.5, 0.6) is 5.75 Å². The molecule has 0 atom stereocenters. The second-order valence-electron chi connectivity index (χ2n) is 6.22. The molecule has 0 heterocycles. The molecule has 0 aliphatic rings. The van der Waals surface area contributed by atoms with Crippen molar-refractivity contribution in [1.29, 1.82) is 0 Å². The van der Waals surface area contributed by atoms with E-state index in [1.807, 2.05) is 48.5 Å². The van der Waals surface area contributed by atoms with Gasteiger partial charge in [0, 0.05) is 0 Å². The Kier molecular flexibility index (Phi) is 6.60. The molecule has 0 aliphatic heterocycles. The molecule has 0 saturated heterocycles. The maximum absolute atomic E-state index is 12.5. The molecule has 0 saturated carbocycles. The number of nitrogens with zero attached hydrogens (tertiary/aromatic N) is 1. The number of carbonyl (C=O) groups excluding carboxylic acids is 1. The standard InChI is InChI=1S/C20H23NO5/c1-20(2,18(22)23)21(13-14-25-17-11-7-4-8-12-17)19(24)26-15-16-9-5-3-6-10-16/h3-12H,13-15H2,1-2H3,(H,22,23). The smallest absolute Gasteiger partial charge is 0.411 e. The van der Waals surface area contributed by atoms with Crippen LogP contribution in [-0.2, 0) is 16.1 Å². The lowest BCUT2D eigenvalue weighted by Gasteiger charge is -2.34. The summed E-state index contributed by atoms with van der Waals surface area (Å²) in [4.78, 5) is 25.2. The SMILES string of the molecule is CC(C)(C(=O)O)N(CCOc1ccccc1)C(=O)OCc1ccccc1. The predicted molar refractivity (Wildman–Crippen MR) is 97.0 cm³/mol. The van der Waals surface area contributed by atoms with Crippen molar-refractivity contribution in [1.82, 2.24) is 4.90 Å². The number of ether oxygens (including phenoxy) is 2. The average Bonchev–Trinajstić information content (AvgIpc) is 2.64. The molecule has 0 aliphatic carbocycles. The van der Waals surface area contributed by atoms with Crippen molar-refractivity contribution < 1.29 is 24.2 Å². The summed E-state index contributed by atoms with van der Waals surface area (Å²) >= 11 is 0. The molecular weight excluding hydrogens is 334 g/mol.